The molecule has 15 heavy (non-hydrogen) atoms. The molecule has 0 unspecified atom stereocenters. The number of carboxylic acid groups (broad SMARTS) is 1. The maximum absolute atomic E-state index is 10.4. The summed E-state index contributed by atoms with van der Waals surface area (Å²) in [5.41, 5.74) is 2.26. The van der Waals surface area contributed by atoms with Gasteiger partial charge in [0.2, 0.25) is 0 Å². The molecule has 1 aromatic rings. The van der Waals surface area contributed by atoms with Gasteiger partial charge in [-0.25, -0.2) is 0 Å². The first-order valence-electron chi connectivity index (χ1n) is 4.76. The van der Waals surface area contributed by atoms with Crippen molar-refractivity contribution in [2.45, 2.75) is 6.42 Å². The van der Waals surface area contributed by atoms with Gasteiger partial charge in [-0.1, -0.05) is 18.2 Å². The molecule has 0 saturated carbocycles. The van der Waals surface area contributed by atoms with Gasteiger partial charge in [0.1, 0.15) is 6.54 Å². The molecule has 0 saturated heterocycles. The molecule has 0 fully saturated rings. The second-order valence-electron chi connectivity index (χ2n) is 3.35. The fraction of sp³-hybridized carbons (Fsp3) is 0.182. The molecule has 1 heterocycles. The zero-order valence-corrected chi connectivity index (χ0v) is 8.16. The van der Waals surface area contributed by atoms with Gasteiger partial charge < -0.3 is 15.7 Å². The van der Waals surface area contributed by atoms with E-state index < -0.39 is 5.97 Å². The third-order valence-corrected chi connectivity index (χ3v) is 2.24. The average Bonchev–Trinajstić information content (AvgIpc) is 2.26. The Hall–Kier alpha value is -1.97. The molecule has 1 aliphatic heterocycles. The van der Waals surface area contributed by atoms with Gasteiger partial charge in [0, 0.05) is 5.69 Å². The van der Waals surface area contributed by atoms with Crippen molar-refractivity contribution >= 4 is 11.7 Å². The van der Waals surface area contributed by atoms with Crippen LogP contribution in [-0.2, 0) is 11.2 Å². The van der Waals surface area contributed by atoms with Gasteiger partial charge in [-0.05, 0) is 24.1 Å². The minimum atomic E-state index is -0.864. The third-order valence-electron chi connectivity index (χ3n) is 2.24. The number of hydrogen-bond acceptors (Lipinski definition) is 3. The van der Waals surface area contributed by atoms with Gasteiger partial charge in [-0.3, -0.25) is 4.79 Å². The molecule has 0 aliphatic carbocycles. The molecular weight excluding hydrogens is 192 g/mol. The summed E-state index contributed by atoms with van der Waals surface area (Å²) >= 11 is 0. The van der Waals surface area contributed by atoms with Crippen molar-refractivity contribution in [3.63, 3.8) is 0 Å². The Labute approximate surface area is 87.6 Å². The second kappa shape index (κ2) is 4.04. The van der Waals surface area contributed by atoms with E-state index in [0.29, 0.717) is 0 Å². The highest BCUT2D eigenvalue weighted by Crippen LogP contribution is 2.21. The van der Waals surface area contributed by atoms with Crippen LogP contribution in [0.3, 0.4) is 0 Å². The molecular formula is C11H12N2O2. The van der Waals surface area contributed by atoms with E-state index in [4.69, 9.17) is 5.11 Å². The summed E-state index contributed by atoms with van der Waals surface area (Å²) in [5.74, 6) is -0.104. The Balaban J connectivity index is 2.03. The Morgan fingerprint density at radius 1 is 1.47 bits per heavy atom. The lowest BCUT2D eigenvalue weighted by Gasteiger charge is -2.19. The van der Waals surface area contributed by atoms with Gasteiger partial charge in [0.05, 0.1) is 5.82 Å². The van der Waals surface area contributed by atoms with Crippen molar-refractivity contribution in [1.29, 1.82) is 0 Å². The van der Waals surface area contributed by atoms with Crippen molar-refractivity contribution in [3.05, 3.63) is 41.7 Å². The SMILES string of the molecule is O=C(O)CNC1=CCc2ccccc2N1. The van der Waals surface area contributed by atoms with Crippen LogP contribution in [0.5, 0.6) is 0 Å². The first kappa shape index (κ1) is 9.58. The summed E-state index contributed by atoms with van der Waals surface area (Å²) in [6.07, 6.45) is 2.77. The Morgan fingerprint density at radius 2 is 2.27 bits per heavy atom. The van der Waals surface area contributed by atoms with E-state index in [9.17, 15) is 4.79 Å². The first-order valence-corrected chi connectivity index (χ1v) is 4.76. The van der Waals surface area contributed by atoms with Crippen LogP contribution in [0.4, 0.5) is 5.69 Å². The largest absolute Gasteiger partial charge is 0.480 e. The van der Waals surface area contributed by atoms with Crippen molar-refractivity contribution in [2.75, 3.05) is 11.9 Å². The number of fused-ring (bicyclic) bond motifs is 1. The topological polar surface area (TPSA) is 61.4 Å². The highest BCUT2D eigenvalue weighted by atomic mass is 16.4. The molecule has 2 rings (SSSR count). The standard InChI is InChI=1S/C11H12N2O2/c14-11(15)7-12-10-6-5-8-3-1-2-4-9(8)13-10/h1-4,6,12-13H,5,7H2,(H,14,15). The molecule has 78 valence electrons. The summed E-state index contributed by atoms with van der Waals surface area (Å²) in [7, 11) is 0. The summed E-state index contributed by atoms with van der Waals surface area (Å²) in [4.78, 5) is 10.4. The van der Waals surface area contributed by atoms with Crippen LogP contribution in [0, 0.1) is 0 Å². The highest BCUT2D eigenvalue weighted by molar-refractivity contribution is 5.69. The monoisotopic (exact) mass is 204 g/mol. The van der Waals surface area contributed by atoms with Crippen LogP contribution in [0.2, 0.25) is 0 Å². The van der Waals surface area contributed by atoms with Crippen molar-refractivity contribution in [1.82, 2.24) is 5.32 Å². The fourth-order valence-electron chi connectivity index (χ4n) is 1.52. The molecule has 0 bridgehead atoms. The number of benzene rings is 1. The normalized spacial score (nSPS) is 13.5. The summed E-state index contributed by atoms with van der Waals surface area (Å²) in [6, 6.07) is 7.97. The van der Waals surface area contributed by atoms with Gasteiger partial charge in [-0.15, -0.1) is 0 Å². The zero-order chi connectivity index (χ0) is 10.7. The van der Waals surface area contributed by atoms with Crippen molar-refractivity contribution in [2.24, 2.45) is 0 Å². The number of anilines is 1. The zero-order valence-electron chi connectivity index (χ0n) is 8.16. The molecule has 4 heteroatoms. The number of rotatable bonds is 3. The molecule has 0 spiro atoms. The molecule has 0 aromatic heterocycles. The van der Waals surface area contributed by atoms with E-state index in [1.54, 1.807) is 0 Å². The van der Waals surface area contributed by atoms with Crippen molar-refractivity contribution in [3.8, 4) is 0 Å². The van der Waals surface area contributed by atoms with Crippen LogP contribution >= 0.6 is 0 Å². The predicted octanol–water partition coefficient (Wildman–Crippen LogP) is 1.17. The van der Waals surface area contributed by atoms with Crippen LogP contribution in [0.1, 0.15) is 5.56 Å². The molecule has 0 amide bonds. The number of carbonyl (C=O) groups is 1. The number of para-hydroxylation sites is 1. The second-order valence-corrected chi connectivity index (χ2v) is 3.35. The highest BCUT2D eigenvalue weighted by Gasteiger charge is 2.09. The molecule has 3 N–H and O–H groups in total. The van der Waals surface area contributed by atoms with Gasteiger partial charge >= 0.3 is 5.97 Å². The Kier molecular flexibility index (Phi) is 2.58. The molecule has 4 nitrogen and oxygen atoms in total. The predicted molar refractivity (Wildman–Crippen MR) is 57.5 cm³/mol. The lowest BCUT2D eigenvalue weighted by atomic mass is 10.1. The number of carboxylic acids is 1. The van der Waals surface area contributed by atoms with Crippen LogP contribution in [0.15, 0.2) is 36.2 Å². The average molecular weight is 204 g/mol. The minimum absolute atomic E-state index is 0.0685. The van der Waals surface area contributed by atoms with Gasteiger partial charge in [-0.2, -0.15) is 0 Å². The first-order chi connectivity index (χ1) is 7.25. The van der Waals surface area contributed by atoms with Gasteiger partial charge in [0.15, 0.2) is 0 Å². The maximum Gasteiger partial charge on any atom is 0.322 e. The van der Waals surface area contributed by atoms with E-state index >= 15 is 0 Å². The summed E-state index contributed by atoms with van der Waals surface area (Å²) < 4.78 is 0. The molecule has 1 aliphatic rings. The lowest BCUT2D eigenvalue weighted by Crippen LogP contribution is -2.27. The van der Waals surface area contributed by atoms with Gasteiger partial charge in [0.25, 0.3) is 0 Å². The number of aliphatic carboxylic acids is 1. The molecule has 0 radical (unpaired) electrons. The molecule has 1 aromatic carbocycles. The van der Waals surface area contributed by atoms with Crippen LogP contribution < -0.4 is 10.6 Å². The number of hydrogen-bond donors (Lipinski definition) is 3. The quantitative estimate of drug-likeness (QED) is 0.691. The van der Waals surface area contributed by atoms with E-state index in [1.807, 2.05) is 30.3 Å². The van der Waals surface area contributed by atoms with Crippen molar-refractivity contribution < 1.29 is 9.90 Å². The number of nitrogens with one attached hydrogen (secondary N) is 2. The smallest absolute Gasteiger partial charge is 0.322 e. The minimum Gasteiger partial charge on any atom is -0.480 e. The van der Waals surface area contributed by atoms with E-state index in [-0.39, 0.29) is 6.54 Å². The van der Waals surface area contributed by atoms with E-state index in [2.05, 4.69) is 10.6 Å². The van der Waals surface area contributed by atoms with Crippen LogP contribution in [-0.4, -0.2) is 17.6 Å². The molecule has 0 atom stereocenters. The third kappa shape index (κ3) is 2.28. The fourth-order valence-corrected chi connectivity index (χ4v) is 1.52. The Bertz CT molecular complexity index is 413. The lowest BCUT2D eigenvalue weighted by molar-refractivity contribution is -0.135. The van der Waals surface area contributed by atoms with E-state index in [0.717, 1.165) is 17.9 Å². The van der Waals surface area contributed by atoms with Crippen LogP contribution in [0.25, 0.3) is 0 Å². The summed E-state index contributed by atoms with van der Waals surface area (Å²) in [5, 5.41) is 14.5. The van der Waals surface area contributed by atoms with E-state index in [1.165, 1.54) is 5.56 Å². The number of allylic oxidation sites excluding steroid dienone is 1. The maximum atomic E-state index is 10.4. The Morgan fingerprint density at radius 3 is 3.07 bits per heavy atom. The summed E-state index contributed by atoms with van der Waals surface area (Å²) in [6.45, 7) is -0.0685.